The van der Waals surface area contributed by atoms with Gasteiger partial charge in [-0.2, -0.15) is 5.10 Å². The fraction of sp³-hybridized carbons (Fsp3) is 0.527. The minimum absolute atomic E-state index is 0.0143. The van der Waals surface area contributed by atoms with Gasteiger partial charge in [-0.1, -0.05) is 89.2 Å². The zero-order valence-corrected chi connectivity index (χ0v) is 59.7. The highest BCUT2D eigenvalue weighted by atomic mass is 32.2. The minimum atomic E-state index is -1.38. The van der Waals surface area contributed by atoms with E-state index in [2.05, 4.69) is 75.8 Å². The molecule has 6 heterocycles. The summed E-state index contributed by atoms with van der Waals surface area (Å²) in [6.07, 6.45) is 14.1. The number of urea groups is 1. The number of carboxylic acid groups (broad SMARTS) is 1. The van der Waals surface area contributed by atoms with E-state index in [-0.39, 0.29) is 67.2 Å². The van der Waals surface area contributed by atoms with Crippen LogP contribution in [-0.4, -0.2) is 166 Å². The highest BCUT2D eigenvalue weighted by molar-refractivity contribution is 8.03. The quantitative estimate of drug-likeness (QED) is 0.01000. The van der Waals surface area contributed by atoms with Crippen LogP contribution in [0.15, 0.2) is 95.5 Å². The van der Waals surface area contributed by atoms with E-state index in [1.54, 1.807) is 31.8 Å². The Morgan fingerprint density at radius 1 is 0.880 bits per heavy atom. The lowest BCUT2D eigenvalue weighted by atomic mass is 9.51. The molecule has 25 nitrogen and oxygen atoms in total. The normalized spacial score (nSPS) is 20.7. The summed E-state index contributed by atoms with van der Waals surface area (Å²) in [6, 6.07) is 16.8. The van der Waals surface area contributed by atoms with Crippen LogP contribution in [0, 0.1) is 37.5 Å². The first-order chi connectivity index (χ1) is 47.9. The van der Waals surface area contributed by atoms with Gasteiger partial charge >= 0.3 is 6.03 Å². The summed E-state index contributed by atoms with van der Waals surface area (Å²) in [6.45, 7) is 24.9. The molecule has 536 valence electrons. The largest absolute Gasteiger partial charge is 0.543 e. The van der Waals surface area contributed by atoms with Crippen LogP contribution in [0.5, 0.6) is 0 Å². The Kier molecular flexibility index (Phi) is 24.3. The molecule has 3 aliphatic heterocycles. The zero-order valence-electron chi connectivity index (χ0n) is 58.9. The molecular weight excluding hydrogens is 1290 g/mol. The number of thioether (sulfide) groups is 1. The van der Waals surface area contributed by atoms with Crippen molar-refractivity contribution in [1.82, 2.24) is 45.8 Å². The summed E-state index contributed by atoms with van der Waals surface area (Å²) in [4.78, 5) is 98.3. The average molecular weight is 1390 g/mol. The highest BCUT2D eigenvalue weighted by Gasteiger charge is 2.55. The molecule has 10 rings (SSSR count). The molecule has 26 heteroatoms. The van der Waals surface area contributed by atoms with Gasteiger partial charge in [0.1, 0.15) is 44.1 Å². The number of benzene rings is 2. The number of quaternary nitrogens is 1. The van der Waals surface area contributed by atoms with Crippen LogP contribution >= 0.6 is 11.8 Å². The van der Waals surface area contributed by atoms with Crippen molar-refractivity contribution in [3.63, 3.8) is 0 Å². The topological polar surface area (TPSA) is 319 Å². The van der Waals surface area contributed by atoms with Crippen LogP contribution in [-0.2, 0) is 57.7 Å². The van der Waals surface area contributed by atoms with E-state index in [1.165, 1.54) is 12.2 Å². The SMILES string of the molecule is C=C(Nc1nnc2c(c1C)CCCN2c1ccc(-c2cnn(C[C@@]34CCC[C@@](C)(C3)C[C@@](CCC)(OCC[N+]3(Cc5ccc(NC(=O)[C@H](CCCNC(N)=O)NC(=O)[C@@H](NC(=O)CCOCCN6C(=O)C=CC6=O)C(C)C)cc5)CCOCC3)C4)c2C)c(C(=O)[O-])n1)Sc1ccccc1C. The number of aromatic nitrogens is 5. The molecule has 0 spiro atoms. The number of rotatable bonds is 33. The van der Waals surface area contributed by atoms with Gasteiger partial charge in [0.25, 0.3) is 11.8 Å². The van der Waals surface area contributed by atoms with Gasteiger partial charge in [0, 0.05) is 82.3 Å². The highest BCUT2D eigenvalue weighted by Crippen LogP contribution is 2.61. The number of carboxylic acids is 1. The van der Waals surface area contributed by atoms with Crippen LogP contribution in [0.4, 0.5) is 27.9 Å². The first kappa shape index (κ1) is 74.1. The predicted molar refractivity (Wildman–Crippen MR) is 380 cm³/mol. The van der Waals surface area contributed by atoms with Gasteiger partial charge in [0.05, 0.1) is 68.1 Å². The number of imide groups is 1. The number of ether oxygens (including phenoxy) is 3. The maximum atomic E-state index is 14.1. The average Bonchev–Trinajstić information content (AvgIpc) is 1.33. The van der Waals surface area contributed by atoms with E-state index in [9.17, 15) is 38.7 Å². The van der Waals surface area contributed by atoms with E-state index >= 15 is 0 Å². The van der Waals surface area contributed by atoms with Gasteiger partial charge in [-0.3, -0.25) is 33.6 Å². The number of hydrogen-bond donors (Lipinski definition) is 6. The standard InChI is InChI=1S/C74H98N14O11S/c1-9-28-74(99-41-36-88(34-39-98-40-35-88)43-53-19-21-54(22-20-53)79-68(92)58(17-12-31-76-71(75)96)80-69(93)64(48(2)3)82-61(89)27-37-97-38-33-86-62(90)25-26-63(86)91)45-72(8)29-14-30-73(44-72,46-74)47-87-51(6)57(42-77-87)56-23-24-60(81-65(56)70(94)95)85-32-13-16-55-50(5)66(83-84-67(55)85)78-52(7)100-59-18-11-10-15-49(59)4/h10-11,15,18-26,42,48,58,64H,7,9,12-14,16-17,27-41,43-47H2,1-6,8H3,(H7-,75,76,78,79,80,82,83,89,92,93,94,95,96)/t58-,64-,72-,73-,74+/m0/s1. The Bertz CT molecular complexity index is 3840. The van der Waals surface area contributed by atoms with Crippen LogP contribution in [0.3, 0.4) is 0 Å². The Hall–Kier alpha value is -8.56. The number of amides is 7. The first-order valence-corrected chi connectivity index (χ1v) is 36.0. The number of nitrogens with two attached hydrogens (primary N) is 1. The molecule has 1 saturated heterocycles. The number of fused-ring (bicyclic) bond motifs is 3. The number of carbonyl (C=O) groups is 7. The summed E-state index contributed by atoms with van der Waals surface area (Å²) in [5.41, 5.74) is 11.4. The molecule has 0 radical (unpaired) electrons. The predicted octanol–water partition coefficient (Wildman–Crippen LogP) is 8.09. The molecule has 5 aromatic rings. The number of anilines is 4. The summed E-state index contributed by atoms with van der Waals surface area (Å²) >= 11 is 1.54. The van der Waals surface area contributed by atoms with Gasteiger partial charge in [0.2, 0.25) is 17.7 Å². The van der Waals surface area contributed by atoms with E-state index in [0.29, 0.717) is 80.1 Å². The molecular formula is C74H98N14O11S. The monoisotopic (exact) mass is 1390 g/mol. The van der Waals surface area contributed by atoms with Crippen molar-refractivity contribution in [2.45, 2.75) is 168 Å². The molecule has 5 atom stereocenters. The van der Waals surface area contributed by atoms with E-state index in [1.807, 2.05) is 67.3 Å². The van der Waals surface area contributed by atoms with Crippen molar-refractivity contribution >= 4 is 76.4 Å². The van der Waals surface area contributed by atoms with E-state index in [4.69, 9.17) is 35.1 Å². The number of primary amides is 1. The molecule has 5 aliphatic rings. The van der Waals surface area contributed by atoms with Crippen molar-refractivity contribution in [2.75, 3.05) is 87.8 Å². The molecule has 100 heavy (non-hydrogen) atoms. The molecule has 0 unspecified atom stereocenters. The number of carbonyl (C=O) groups excluding carboxylic acids is 7. The number of aromatic carboxylic acids is 1. The molecule has 2 aliphatic carbocycles. The Morgan fingerprint density at radius 2 is 1.64 bits per heavy atom. The van der Waals surface area contributed by atoms with Gasteiger partial charge in [-0.15, -0.1) is 10.2 Å². The summed E-state index contributed by atoms with van der Waals surface area (Å²) < 4.78 is 21.7. The van der Waals surface area contributed by atoms with Gasteiger partial charge in [0.15, 0.2) is 11.6 Å². The Labute approximate surface area is 590 Å². The second-order valence-corrected chi connectivity index (χ2v) is 29.7. The minimum Gasteiger partial charge on any atom is -0.543 e. The number of nitrogens with one attached hydrogen (secondary N) is 5. The number of morpholine rings is 1. The fourth-order valence-electron chi connectivity index (χ4n) is 15.7. The number of aryl methyl sites for hydroxylation is 1. The Morgan fingerprint density at radius 3 is 2.36 bits per heavy atom. The fourth-order valence-corrected chi connectivity index (χ4v) is 16.5. The van der Waals surface area contributed by atoms with Crippen LogP contribution in [0.2, 0.25) is 0 Å². The lowest BCUT2D eigenvalue weighted by Crippen LogP contribution is -2.57. The molecule has 2 bridgehead atoms. The Balaban J connectivity index is 0.773. The van der Waals surface area contributed by atoms with Crippen molar-refractivity contribution in [1.29, 1.82) is 0 Å². The third kappa shape index (κ3) is 18.3. The maximum Gasteiger partial charge on any atom is 0.312 e. The van der Waals surface area contributed by atoms with Gasteiger partial charge in [-0.25, -0.2) is 9.78 Å². The van der Waals surface area contributed by atoms with Crippen LogP contribution in [0.25, 0.3) is 11.1 Å². The number of pyridine rings is 1. The molecule has 3 fully saturated rings. The molecule has 2 aromatic carbocycles. The summed E-state index contributed by atoms with van der Waals surface area (Å²) in [7, 11) is 0. The molecule has 7 N–H and O–H groups in total. The van der Waals surface area contributed by atoms with Gasteiger partial charge in [-0.05, 0) is 138 Å². The molecule has 2 saturated carbocycles. The van der Waals surface area contributed by atoms with Crippen molar-refractivity contribution in [2.24, 2.45) is 22.5 Å². The molecule has 3 aromatic heterocycles. The smallest absolute Gasteiger partial charge is 0.312 e. The number of hydrogen-bond acceptors (Lipinski definition) is 18. The molecule has 7 amide bonds. The van der Waals surface area contributed by atoms with E-state index < -0.39 is 53.6 Å². The van der Waals surface area contributed by atoms with Crippen molar-refractivity contribution in [3.05, 3.63) is 124 Å². The van der Waals surface area contributed by atoms with Crippen molar-refractivity contribution < 1.29 is 57.4 Å². The first-order valence-electron chi connectivity index (χ1n) is 35.2. The lowest BCUT2D eigenvalue weighted by Gasteiger charge is -2.58. The summed E-state index contributed by atoms with van der Waals surface area (Å²) in [5.74, 6) is -2.38. The maximum absolute atomic E-state index is 14.1. The van der Waals surface area contributed by atoms with Crippen LogP contribution in [0.1, 0.15) is 143 Å². The van der Waals surface area contributed by atoms with E-state index in [0.717, 1.165) is 131 Å². The lowest BCUT2D eigenvalue weighted by molar-refractivity contribution is -0.948. The third-order valence-corrected chi connectivity index (χ3v) is 21.5. The second-order valence-electron chi connectivity index (χ2n) is 28.6. The number of nitrogens with zero attached hydrogens (tertiary/aromatic N) is 8. The van der Waals surface area contributed by atoms with Crippen molar-refractivity contribution in [3.8, 4) is 11.1 Å². The van der Waals surface area contributed by atoms with Crippen LogP contribution < -0.4 is 42.3 Å². The van der Waals surface area contributed by atoms with Gasteiger partial charge < -0.3 is 65.8 Å². The summed E-state index contributed by atoms with van der Waals surface area (Å²) in [5, 5.41) is 42.7. The zero-order chi connectivity index (χ0) is 71.4. The third-order valence-electron chi connectivity index (χ3n) is 20.5. The second kappa shape index (κ2) is 32.8.